The van der Waals surface area contributed by atoms with Crippen molar-refractivity contribution in [2.75, 3.05) is 19.6 Å². The molecule has 1 amide bonds. The zero-order chi connectivity index (χ0) is 17.6. The van der Waals surface area contributed by atoms with E-state index >= 15 is 0 Å². The summed E-state index contributed by atoms with van der Waals surface area (Å²) in [6.07, 6.45) is 5.11. The molecular formula is C19H29ClN4O. The Balaban J connectivity index is 1.39. The van der Waals surface area contributed by atoms with E-state index in [1.165, 1.54) is 5.56 Å². The summed E-state index contributed by atoms with van der Waals surface area (Å²) in [6.45, 7) is 2.31. The molecular weight excluding hydrogens is 336 g/mol. The zero-order valence-corrected chi connectivity index (χ0v) is 15.4. The van der Waals surface area contributed by atoms with Crippen molar-refractivity contribution in [2.24, 2.45) is 17.6 Å². The number of carbonyl (C=O) groups excluding carboxylic acids is 1. The molecule has 2 fully saturated rings. The average molecular weight is 365 g/mol. The molecule has 2 aliphatic rings. The molecule has 0 bridgehead atoms. The van der Waals surface area contributed by atoms with Crippen LogP contribution >= 0.6 is 11.6 Å². The van der Waals surface area contributed by atoms with E-state index in [1.54, 1.807) is 0 Å². The molecule has 2 saturated heterocycles. The van der Waals surface area contributed by atoms with Crippen molar-refractivity contribution in [3.05, 3.63) is 34.9 Å². The molecule has 3 rings (SSSR count). The maximum Gasteiger partial charge on any atom is 0.225 e. The molecule has 1 aromatic rings. The van der Waals surface area contributed by atoms with Crippen molar-refractivity contribution in [2.45, 2.75) is 44.3 Å². The first kappa shape index (κ1) is 18.6. The van der Waals surface area contributed by atoms with Crippen LogP contribution in [0.5, 0.6) is 0 Å². The van der Waals surface area contributed by atoms with E-state index in [4.69, 9.17) is 17.3 Å². The zero-order valence-electron chi connectivity index (χ0n) is 14.6. The molecule has 6 heteroatoms. The first-order chi connectivity index (χ1) is 12.1. The molecule has 0 aliphatic carbocycles. The van der Waals surface area contributed by atoms with E-state index in [1.807, 2.05) is 18.2 Å². The predicted molar refractivity (Wildman–Crippen MR) is 101 cm³/mol. The Morgan fingerprint density at radius 1 is 1.20 bits per heavy atom. The summed E-state index contributed by atoms with van der Waals surface area (Å²) in [5, 5.41) is 10.8. The van der Waals surface area contributed by atoms with Crippen LogP contribution in [-0.2, 0) is 11.2 Å². The Labute approximate surface area is 155 Å². The number of benzene rings is 1. The number of halogens is 1. The third-order valence-electron chi connectivity index (χ3n) is 5.42. The molecule has 5 nitrogen and oxygen atoms in total. The van der Waals surface area contributed by atoms with Crippen LogP contribution in [0.1, 0.15) is 31.2 Å². The van der Waals surface area contributed by atoms with Gasteiger partial charge in [-0.25, -0.2) is 0 Å². The molecule has 0 spiro atoms. The quantitative estimate of drug-likeness (QED) is 0.640. The molecule has 4 unspecified atom stereocenters. The lowest BCUT2D eigenvalue weighted by atomic mass is 9.90. The van der Waals surface area contributed by atoms with Crippen LogP contribution in [0.3, 0.4) is 0 Å². The van der Waals surface area contributed by atoms with Crippen molar-refractivity contribution in [3.63, 3.8) is 0 Å². The summed E-state index contributed by atoms with van der Waals surface area (Å²) in [4.78, 5) is 12.4. The molecule has 138 valence electrons. The molecule has 0 aromatic heterocycles. The fourth-order valence-electron chi connectivity index (χ4n) is 3.84. The summed E-state index contributed by atoms with van der Waals surface area (Å²) >= 11 is 6.06. The number of hydrogen-bond acceptors (Lipinski definition) is 4. The highest BCUT2D eigenvalue weighted by Gasteiger charge is 2.28. The van der Waals surface area contributed by atoms with Gasteiger partial charge in [0.1, 0.15) is 0 Å². The van der Waals surface area contributed by atoms with Gasteiger partial charge in [0, 0.05) is 30.7 Å². The number of hydrogen-bond donors (Lipinski definition) is 4. The fraction of sp³-hybridized carbons (Fsp3) is 0.632. The normalized spacial score (nSPS) is 30.0. The number of nitrogens with one attached hydrogen (secondary N) is 3. The monoisotopic (exact) mass is 364 g/mol. The maximum atomic E-state index is 12.4. The van der Waals surface area contributed by atoms with Crippen molar-refractivity contribution >= 4 is 17.5 Å². The Bertz CT molecular complexity index is 566. The lowest BCUT2D eigenvalue weighted by Gasteiger charge is -2.33. The standard InChI is InChI=1S/C19H29ClN4O/c20-16-3-1-2-13(9-16)8-14-4-7-18(23-11-14)24-19(25)15-5-6-17(10-21)22-12-15/h1-3,9,14-15,17-18,22-23H,4-8,10-12,21H2,(H,24,25). The molecule has 0 saturated carbocycles. The minimum absolute atomic E-state index is 0.0637. The lowest BCUT2D eigenvalue weighted by molar-refractivity contribution is -0.126. The molecule has 2 aliphatic heterocycles. The van der Waals surface area contributed by atoms with Crippen molar-refractivity contribution in [3.8, 4) is 0 Å². The Morgan fingerprint density at radius 2 is 2.08 bits per heavy atom. The van der Waals surface area contributed by atoms with Gasteiger partial charge in [-0.3, -0.25) is 10.1 Å². The van der Waals surface area contributed by atoms with E-state index in [2.05, 4.69) is 22.0 Å². The number of piperidine rings is 2. The smallest absolute Gasteiger partial charge is 0.225 e. The molecule has 5 N–H and O–H groups in total. The van der Waals surface area contributed by atoms with Crippen LogP contribution in [0.4, 0.5) is 0 Å². The van der Waals surface area contributed by atoms with E-state index in [0.717, 1.165) is 50.2 Å². The topological polar surface area (TPSA) is 79.2 Å². The van der Waals surface area contributed by atoms with Crippen LogP contribution in [-0.4, -0.2) is 37.7 Å². The van der Waals surface area contributed by atoms with E-state index in [9.17, 15) is 4.79 Å². The van der Waals surface area contributed by atoms with E-state index < -0.39 is 0 Å². The highest BCUT2D eigenvalue weighted by Crippen LogP contribution is 2.21. The third-order valence-corrected chi connectivity index (χ3v) is 5.65. The van der Waals surface area contributed by atoms with Gasteiger partial charge < -0.3 is 16.4 Å². The Kier molecular flexibility index (Phi) is 6.70. The minimum atomic E-state index is 0.0637. The molecule has 4 atom stereocenters. The van der Waals surface area contributed by atoms with Gasteiger partial charge in [-0.1, -0.05) is 23.7 Å². The second kappa shape index (κ2) is 8.99. The average Bonchev–Trinajstić information content (AvgIpc) is 2.63. The van der Waals surface area contributed by atoms with Gasteiger partial charge in [-0.2, -0.15) is 0 Å². The summed E-state index contributed by atoms with van der Waals surface area (Å²) in [6, 6.07) is 8.45. The van der Waals surface area contributed by atoms with Crippen molar-refractivity contribution in [1.82, 2.24) is 16.0 Å². The van der Waals surface area contributed by atoms with Crippen LogP contribution in [0.15, 0.2) is 24.3 Å². The largest absolute Gasteiger partial charge is 0.340 e. The number of amides is 1. The highest BCUT2D eigenvalue weighted by molar-refractivity contribution is 6.30. The summed E-state index contributed by atoms with van der Waals surface area (Å²) < 4.78 is 0. The number of carbonyl (C=O) groups is 1. The second-order valence-electron chi connectivity index (χ2n) is 7.36. The maximum absolute atomic E-state index is 12.4. The third kappa shape index (κ3) is 5.42. The fourth-order valence-corrected chi connectivity index (χ4v) is 4.05. The summed E-state index contributed by atoms with van der Waals surface area (Å²) in [5.41, 5.74) is 6.95. The first-order valence-electron chi connectivity index (χ1n) is 9.35. The summed E-state index contributed by atoms with van der Waals surface area (Å²) in [5.74, 6) is 0.816. The molecule has 1 aromatic carbocycles. The SMILES string of the molecule is NCC1CCC(C(=O)NC2CCC(Cc3cccc(Cl)c3)CN2)CN1. The van der Waals surface area contributed by atoms with Gasteiger partial charge in [0.05, 0.1) is 12.1 Å². The molecule has 2 heterocycles. The van der Waals surface area contributed by atoms with Crippen LogP contribution in [0, 0.1) is 11.8 Å². The van der Waals surface area contributed by atoms with Gasteiger partial charge in [-0.05, 0) is 55.7 Å². The molecule has 0 radical (unpaired) electrons. The van der Waals surface area contributed by atoms with Gasteiger partial charge in [0.15, 0.2) is 0 Å². The second-order valence-corrected chi connectivity index (χ2v) is 7.80. The first-order valence-corrected chi connectivity index (χ1v) is 9.73. The van der Waals surface area contributed by atoms with Crippen molar-refractivity contribution in [1.29, 1.82) is 0 Å². The van der Waals surface area contributed by atoms with Crippen molar-refractivity contribution < 1.29 is 4.79 Å². The van der Waals surface area contributed by atoms with Gasteiger partial charge in [0.25, 0.3) is 0 Å². The predicted octanol–water partition coefficient (Wildman–Crippen LogP) is 1.65. The van der Waals surface area contributed by atoms with Gasteiger partial charge in [-0.15, -0.1) is 0 Å². The van der Waals surface area contributed by atoms with E-state index in [-0.39, 0.29) is 18.0 Å². The highest BCUT2D eigenvalue weighted by atomic mass is 35.5. The minimum Gasteiger partial charge on any atom is -0.340 e. The van der Waals surface area contributed by atoms with Gasteiger partial charge >= 0.3 is 0 Å². The van der Waals surface area contributed by atoms with Crippen LogP contribution < -0.4 is 21.7 Å². The Hall–Kier alpha value is -1.14. The Morgan fingerprint density at radius 3 is 2.72 bits per heavy atom. The van der Waals surface area contributed by atoms with E-state index in [0.29, 0.717) is 18.5 Å². The molecule has 25 heavy (non-hydrogen) atoms. The number of rotatable bonds is 5. The van der Waals surface area contributed by atoms with Crippen LogP contribution in [0.2, 0.25) is 5.02 Å². The van der Waals surface area contributed by atoms with Gasteiger partial charge in [0.2, 0.25) is 5.91 Å². The van der Waals surface area contributed by atoms with Crippen LogP contribution in [0.25, 0.3) is 0 Å². The summed E-state index contributed by atoms with van der Waals surface area (Å²) in [7, 11) is 0. The number of nitrogens with two attached hydrogens (primary N) is 1. The lowest BCUT2D eigenvalue weighted by Crippen LogP contribution is -2.54.